The van der Waals surface area contributed by atoms with Crippen LogP contribution in [0.1, 0.15) is 33.0 Å². The third-order valence-corrected chi connectivity index (χ3v) is 5.95. The Balaban J connectivity index is 1.46. The summed E-state index contributed by atoms with van der Waals surface area (Å²) in [4.78, 5) is 14.5. The van der Waals surface area contributed by atoms with Crippen LogP contribution in [0.25, 0.3) is 0 Å². The molecule has 1 saturated carbocycles. The highest BCUT2D eigenvalue weighted by Gasteiger charge is 2.52. The Morgan fingerprint density at radius 2 is 2.37 bits per heavy atom. The standard InChI is InChI=1S/C14H18N2O2S/c15-11-8-4-5-18-13(8)12(11)16-14(17)10-6-7-2-1-3-9(7)19-10/h6,8,11-13H,1-5,15H2,(H,16,17). The number of thiophene rings is 1. The van der Waals surface area contributed by atoms with Crippen molar-refractivity contribution >= 4 is 17.2 Å². The molecule has 4 rings (SSSR count). The van der Waals surface area contributed by atoms with Crippen LogP contribution in [0.2, 0.25) is 0 Å². The molecule has 5 heteroatoms. The van der Waals surface area contributed by atoms with Gasteiger partial charge in [-0.05, 0) is 37.3 Å². The third kappa shape index (κ3) is 1.75. The van der Waals surface area contributed by atoms with Gasteiger partial charge < -0.3 is 15.8 Å². The van der Waals surface area contributed by atoms with Crippen molar-refractivity contribution in [3.05, 3.63) is 21.4 Å². The van der Waals surface area contributed by atoms with Crippen LogP contribution >= 0.6 is 11.3 Å². The first-order chi connectivity index (χ1) is 9.24. The predicted molar refractivity (Wildman–Crippen MR) is 73.4 cm³/mol. The minimum atomic E-state index is -0.00283. The number of amides is 1. The molecule has 1 amide bonds. The number of fused-ring (bicyclic) bond motifs is 2. The molecule has 4 nitrogen and oxygen atoms in total. The number of carbonyl (C=O) groups excluding carboxylic acids is 1. The number of hydrogen-bond acceptors (Lipinski definition) is 4. The normalized spacial score (nSPS) is 35.6. The molecule has 0 aromatic carbocycles. The van der Waals surface area contributed by atoms with E-state index in [9.17, 15) is 4.79 Å². The molecule has 1 aromatic rings. The highest BCUT2D eigenvalue weighted by Crippen LogP contribution is 2.38. The van der Waals surface area contributed by atoms with Crippen LogP contribution < -0.4 is 11.1 Å². The molecule has 2 aliphatic carbocycles. The average molecular weight is 278 g/mol. The van der Waals surface area contributed by atoms with E-state index in [1.807, 2.05) is 0 Å². The summed E-state index contributed by atoms with van der Waals surface area (Å²) in [6.07, 6.45) is 4.66. The van der Waals surface area contributed by atoms with Crippen LogP contribution in [0.4, 0.5) is 0 Å². The Hall–Kier alpha value is -0.910. The van der Waals surface area contributed by atoms with Gasteiger partial charge in [0.2, 0.25) is 0 Å². The second-order valence-corrected chi connectivity index (χ2v) is 6.91. The van der Waals surface area contributed by atoms with E-state index in [1.165, 1.54) is 16.9 Å². The van der Waals surface area contributed by atoms with Crippen LogP contribution in [0, 0.1) is 5.92 Å². The number of aryl methyl sites for hydroxylation is 2. The first-order valence-electron chi connectivity index (χ1n) is 7.03. The van der Waals surface area contributed by atoms with Gasteiger partial charge in [0.15, 0.2) is 0 Å². The molecule has 4 atom stereocenters. The summed E-state index contributed by atoms with van der Waals surface area (Å²) in [6, 6.07) is 2.11. The zero-order chi connectivity index (χ0) is 13.0. The maximum Gasteiger partial charge on any atom is 0.261 e. The van der Waals surface area contributed by atoms with Gasteiger partial charge in [-0.3, -0.25) is 4.79 Å². The summed E-state index contributed by atoms with van der Waals surface area (Å²) in [6.45, 7) is 0.780. The second kappa shape index (κ2) is 4.30. The number of nitrogens with two attached hydrogens (primary N) is 1. The molecular weight excluding hydrogens is 260 g/mol. The maximum absolute atomic E-state index is 12.3. The van der Waals surface area contributed by atoms with E-state index in [4.69, 9.17) is 10.5 Å². The Labute approximate surface area is 116 Å². The van der Waals surface area contributed by atoms with Crippen LogP contribution in [0.5, 0.6) is 0 Å². The van der Waals surface area contributed by atoms with E-state index < -0.39 is 0 Å². The van der Waals surface area contributed by atoms with E-state index in [1.54, 1.807) is 11.3 Å². The van der Waals surface area contributed by atoms with Crippen molar-refractivity contribution in [3.8, 4) is 0 Å². The van der Waals surface area contributed by atoms with E-state index in [0.29, 0.717) is 5.92 Å². The van der Waals surface area contributed by atoms with Crippen molar-refractivity contribution in [2.45, 2.75) is 43.9 Å². The number of ether oxygens (including phenoxy) is 1. The molecule has 0 spiro atoms. The minimum absolute atomic E-state index is 0.00283. The van der Waals surface area contributed by atoms with Gasteiger partial charge >= 0.3 is 0 Å². The summed E-state index contributed by atoms with van der Waals surface area (Å²) in [5.41, 5.74) is 7.48. The Morgan fingerprint density at radius 3 is 3.21 bits per heavy atom. The van der Waals surface area contributed by atoms with Crippen LogP contribution in [-0.2, 0) is 17.6 Å². The fourth-order valence-electron chi connectivity index (χ4n) is 3.59. The van der Waals surface area contributed by atoms with Gasteiger partial charge in [0.25, 0.3) is 5.91 Å². The van der Waals surface area contributed by atoms with Crippen LogP contribution in [0.3, 0.4) is 0 Å². The summed E-state index contributed by atoms with van der Waals surface area (Å²) in [5.74, 6) is 0.465. The van der Waals surface area contributed by atoms with Crippen molar-refractivity contribution in [2.24, 2.45) is 11.7 Å². The second-order valence-electron chi connectivity index (χ2n) is 5.78. The smallest absolute Gasteiger partial charge is 0.261 e. The summed E-state index contributed by atoms with van der Waals surface area (Å²) >= 11 is 1.64. The van der Waals surface area contributed by atoms with E-state index in [-0.39, 0.29) is 24.1 Å². The topological polar surface area (TPSA) is 64.3 Å². The Morgan fingerprint density at radius 1 is 1.47 bits per heavy atom. The zero-order valence-corrected chi connectivity index (χ0v) is 11.5. The lowest BCUT2D eigenvalue weighted by Gasteiger charge is -2.45. The van der Waals surface area contributed by atoms with Gasteiger partial charge in [-0.2, -0.15) is 0 Å². The monoisotopic (exact) mass is 278 g/mol. The summed E-state index contributed by atoms with van der Waals surface area (Å²) in [5, 5.41) is 3.06. The van der Waals surface area contributed by atoms with Crippen molar-refractivity contribution in [3.63, 3.8) is 0 Å². The molecule has 19 heavy (non-hydrogen) atoms. The van der Waals surface area contributed by atoms with Gasteiger partial charge in [0, 0.05) is 23.4 Å². The lowest BCUT2D eigenvalue weighted by atomic mass is 9.72. The summed E-state index contributed by atoms with van der Waals surface area (Å²) in [7, 11) is 0. The molecule has 4 unspecified atom stereocenters. The van der Waals surface area contributed by atoms with Gasteiger partial charge in [0.05, 0.1) is 17.0 Å². The fraction of sp³-hybridized carbons (Fsp3) is 0.643. The van der Waals surface area contributed by atoms with Crippen molar-refractivity contribution in [2.75, 3.05) is 6.61 Å². The van der Waals surface area contributed by atoms with E-state index in [0.717, 1.165) is 30.7 Å². The molecule has 1 aliphatic heterocycles. The summed E-state index contributed by atoms with van der Waals surface area (Å²) < 4.78 is 5.64. The fourth-order valence-corrected chi connectivity index (χ4v) is 4.75. The first kappa shape index (κ1) is 11.9. The lowest BCUT2D eigenvalue weighted by molar-refractivity contribution is -0.0160. The first-order valence-corrected chi connectivity index (χ1v) is 7.85. The predicted octanol–water partition coefficient (Wildman–Crippen LogP) is 1.08. The molecule has 1 aromatic heterocycles. The van der Waals surface area contributed by atoms with Crippen LogP contribution in [0.15, 0.2) is 6.07 Å². The zero-order valence-electron chi connectivity index (χ0n) is 10.7. The van der Waals surface area contributed by atoms with Gasteiger partial charge in [-0.25, -0.2) is 0 Å². The van der Waals surface area contributed by atoms with Crippen molar-refractivity contribution in [1.82, 2.24) is 5.32 Å². The van der Waals surface area contributed by atoms with E-state index in [2.05, 4.69) is 11.4 Å². The molecular formula is C14H18N2O2S. The maximum atomic E-state index is 12.3. The SMILES string of the molecule is NC1C2CCOC2C1NC(=O)c1cc2c(s1)CCC2. The highest BCUT2D eigenvalue weighted by atomic mass is 32.1. The highest BCUT2D eigenvalue weighted by molar-refractivity contribution is 7.14. The molecule has 0 radical (unpaired) electrons. The van der Waals surface area contributed by atoms with Gasteiger partial charge in [-0.1, -0.05) is 0 Å². The average Bonchev–Trinajstić information content (AvgIpc) is 3.08. The molecule has 3 N–H and O–H groups in total. The Kier molecular flexibility index (Phi) is 2.69. The van der Waals surface area contributed by atoms with Gasteiger partial charge in [0.1, 0.15) is 0 Å². The molecule has 0 bridgehead atoms. The largest absolute Gasteiger partial charge is 0.376 e. The Bertz CT molecular complexity index is 506. The van der Waals surface area contributed by atoms with Crippen LogP contribution in [-0.4, -0.2) is 30.7 Å². The molecule has 3 aliphatic rings. The molecule has 102 valence electrons. The lowest BCUT2D eigenvalue weighted by Crippen LogP contribution is -2.68. The molecule has 2 fully saturated rings. The van der Waals surface area contributed by atoms with Crippen molar-refractivity contribution in [1.29, 1.82) is 0 Å². The molecule has 2 heterocycles. The number of nitrogens with one attached hydrogen (secondary N) is 1. The number of hydrogen-bond donors (Lipinski definition) is 2. The number of carbonyl (C=O) groups is 1. The van der Waals surface area contributed by atoms with Crippen molar-refractivity contribution < 1.29 is 9.53 Å². The third-order valence-electron chi connectivity index (χ3n) is 4.71. The minimum Gasteiger partial charge on any atom is -0.376 e. The molecule has 1 saturated heterocycles. The van der Waals surface area contributed by atoms with E-state index >= 15 is 0 Å². The number of rotatable bonds is 2. The van der Waals surface area contributed by atoms with Gasteiger partial charge in [-0.15, -0.1) is 11.3 Å². The quantitative estimate of drug-likeness (QED) is 0.851.